The summed E-state index contributed by atoms with van der Waals surface area (Å²) in [6, 6.07) is 9.84. The van der Waals surface area contributed by atoms with E-state index in [-0.39, 0.29) is 22.1 Å². The highest BCUT2D eigenvalue weighted by molar-refractivity contribution is 7.89. The second kappa shape index (κ2) is 5.71. The lowest BCUT2D eigenvalue weighted by atomic mass is 10.3. The Balaban J connectivity index is 2.41. The van der Waals surface area contributed by atoms with E-state index in [1.54, 1.807) is 6.07 Å². The first kappa shape index (κ1) is 15.3. The number of ether oxygens (including phenoxy) is 1. The summed E-state index contributed by atoms with van der Waals surface area (Å²) >= 11 is 0. The molecule has 7 heteroatoms. The van der Waals surface area contributed by atoms with Gasteiger partial charge in [0.15, 0.2) is 5.75 Å². The first-order valence-electron chi connectivity index (χ1n) is 6.07. The maximum atomic E-state index is 12.8. The Kier molecular flexibility index (Phi) is 4.15. The molecule has 0 unspecified atom stereocenters. The van der Waals surface area contributed by atoms with Crippen LogP contribution in [-0.2, 0) is 10.0 Å². The van der Waals surface area contributed by atoms with Crippen molar-refractivity contribution in [2.45, 2.75) is 4.90 Å². The van der Waals surface area contributed by atoms with Crippen LogP contribution in [0.25, 0.3) is 0 Å². The van der Waals surface area contributed by atoms with Crippen molar-refractivity contribution >= 4 is 15.7 Å². The molecular weight excluding hydrogens is 295 g/mol. The van der Waals surface area contributed by atoms with E-state index in [4.69, 9.17) is 10.5 Å². The summed E-state index contributed by atoms with van der Waals surface area (Å²) in [5.74, 6) is 0.172. The fourth-order valence-corrected chi connectivity index (χ4v) is 2.69. The molecule has 0 amide bonds. The van der Waals surface area contributed by atoms with Crippen LogP contribution in [0.15, 0.2) is 47.4 Å². The van der Waals surface area contributed by atoms with E-state index in [0.717, 1.165) is 4.31 Å². The maximum Gasteiger partial charge on any atom is 0.244 e. The quantitative estimate of drug-likeness (QED) is 0.880. The largest absolute Gasteiger partial charge is 0.455 e. The molecule has 0 aromatic heterocycles. The molecule has 21 heavy (non-hydrogen) atoms. The Morgan fingerprint density at radius 3 is 2.29 bits per heavy atom. The average molecular weight is 310 g/mol. The highest BCUT2D eigenvalue weighted by Gasteiger charge is 2.22. The first-order chi connectivity index (χ1) is 9.82. The summed E-state index contributed by atoms with van der Waals surface area (Å²) < 4.78 is 43.7. The Morgan fingerprint density at radius 1 is 1.10 bits per heavy atom. The van der Waals surface area contributed by atoms with Crippen molar-refractivity contribution in [3.8, 4) is 11.5 Å². The van der Waals surface area contributed by atoms with Crippen LogP contribution in [0.3, 0.4) is 0 Å². The molecule has 0 saturated heterocycles. The predicted molar refractivity (Wildman–Crippen MR) is 78.2 cm³/mol. The van der Waals surface area contributed by atoms with Crippen LogP contribution in [0.1, 0.15) is 0 Å². The van der Waals surface area contributed by atoms with Gasteiger partial charge in [-0.15, -0.1) is 0 Å². The van der Waals surface area contributed by atoms with Crippen molar-refractivity contribution in [3.63, 3.8) is 0 Å². The minimum Gasteiger partial charge on any atom is -0.455 e. The molecule has 0 aliphatic heterocycles. The molecule has 0 bridgehead atoms. The molecular formula is C14H15FN2O3S. The molecule has 112 valence electrons. The molecule has 2 N–H and O–H groups in total. The van der Waals surface area contributed by atoms with Crippen molar-refractivity contribution in [1.82, 2.24) is 4.31 Å². The SMILES string of the molecule is CN(C)S(=O)(=O)c1cccc(Oc2ccc(F)cc2)c1N. The van der Waals surface area contributed by atoms with Crippen molar-refractivity contribution in [3.05, 3.63) is 48.3 Å². The van der Waals surface area contributed by atoms with Crippen LogP contribution >= 0.6 is 0 Å². The van der Waals surface area contributed by atoms with Crippen LogP contribution in [0.5, 0.6) is 11.5 Å². The van der Waals surface area contributed by atoms with Gasteiger partial charge in [-0.25, -0.2) is 17.1 Å². The van der Waals surface area contributed by atoms with Crippen LogP contribution in [0.4, 0.5) is 10.1 Å². The van der Waals surface area contributed by atoms with Gasteiger partial charge in [0.1, 0.15) is 16.5 Å². The summed E-state index contributed by atoms with van der Waals surface area (Å²) in [6.07, 6.45) is 0. The highest BCUT2D eigenvalue weighted by Crippen LogP contribution is 2.33. The zero-order valence-corrected chi connectivity index (χ0v) is 12.4. The molecule has 0 heterocycles. The summed E-state index contributed by atoms with van der Waals surface area (Å²) in [5, 5.41) is 0. The lowest BCUT2D eigenvalue weighted by Gasteiger charge is -2.15. The van der Waals surface area contributed by atoms with E-state index in [1.807, 2.05) is 0 Å². The number of benzene rings is 2. The Hall–Kier alpha value is -2.12. The molecule has 2 aromatic rings. The molecule has 2 aromatic carbocycles. The van der Waals surface area contributed by atoms with E-state index in [1.165, 1.54) is 50.5 Å². The average Bonchev–Trinajstić information content (AvgIpc) is 2.43. The standard InChI is InChI=1S/C14H15FN2O3S/c1-17(2)21(18,19)13-5-3-4-12(14(13)16)20-11-8-6-10(15)7-9-11/h3-9H,16H2,1-2H3. The lowest BCUT2D eigenvalue weighted by Crippen LogP contribution is -2.23. The smallest absolute Gasteiger partial charge is 0.244 e. The van der Waals surface area contributed by atoms with Crippen molar-refractivity contribution in [2.75, 3.05) is 19.8 Å². The van der Waals surface area contributed by atoms with Gasteiger partial charge in [-0.3, -0.25) is 0 Å². The Labute approximate surface area is 122 Å². The van der Waals surface area contributed by atoms with Crippen LogP contribution in [-0.4, -0.2) is 26.8 Å². The predicted octanol–water partition coefficient (Wildman–Crippen LogP) is 2.45. The number of para-hydroxylation sites is 1. The van der Waals surface area contributed by atoms with E-state index in [2.05, 4.69) is 0 Å². The minimum absolute atomic E-state index is 0.00975. The van der Waals surface area contributed by atoms with Crippen LogP contribution in [0, 0.1) is 5.82 Å². The zero-order valence-electron chi connectivity index (χ0n) is 11.6. The normalized spacial score (nSPS) is 11.6. The Morgan fingerprint density at radius 2 is 1.71 bits per heavy atom. The van der Waals surface area contributed by atoms with Crippen molar-refractivity contribution < 1.29 is 17.5 Å². The van der Waals surface area contributed by atoms with Gasteiger partial charge in [-0.2, -0.15) is 0 Å². The lowest BCUT2D eigenvalue weighted by molar-refractivity contribution is 0.480. The monoisotopic (exact) mass is 310 g/mol. The number of hydrogen-bond acceptors (Lipinski definition) is 4. The number of hydrogen-bond donors (Lipinski definition) is 1. The molecule has 0 saturated carbocycles. The molecule has 0 spiro atoms. The third kappa shape index (κ3) is 3.14. The van der Waals surface area contributed by atoms with Crippen LogP contribution < -0.4 is 10.5 Å². The van der Waals surface area contributed by atoms with Crippen LogP contribution in [0.2, 0.25) is 0 Å². The number of sulfonamides is 1. The molecule has 0 aliphatic rings. The maximum absolute atomic E-state index is 12.8. The summed E-state index contributed by atoms with van der Waals surface area (Å²) in [5.41, 5.74) is 5.89. The van der Waals surface area contributed by atoms with E-state index < -0.39 is 10.0 Å². The van der Waals surface area contributed by atoms with Gasteiger partial charge >= 0.3 is 0 Å². The highest BCUT2D eigenvalue weighted by atomic mass is 32.2. The molecule has 0 fully saturated rings. The number of anilines is 1. The second-order valence-electron chi connectivity index (χ2n) is 4.51. The van der Waals surface area contributed by atoms with Crippen molar-refractivity contribution in [2.24, 2.45) is 0 Å². The fourth-order valence-electron chi connectivity index (χ4n) is 1.66. The van der Waals surface area contributed by atoms with E-state index in [0.29, 0.717) is 5.75 Å². The molecule has 0 radical (unpaired) electrons. The Bertz CT molecular complexity index is 743. The second-order valence-corrected chi connectivity index (χ2v) is 6.63. The number of nitrogens with two attached hydrogens (primary N) is 1. The minimum atomic E-state index is -3.66. The topological polar surface area (TPSA) is 72.6 Å². The van der Waals surface area contributed by atoms with Gasteiger partial charge in [0, 0.05) is 14.1 Å². The summed E-state index contributed by atoms with van der Waals surface area (Å²) in [7, 11) is -0.823. The third-order valence-corrected chi connectivity index (χ3v) is 4.70. The number of rotatable bonds is 4. The van der Waals surface area contributed by atoms with Gasteiger partial charge in [-0.05, 0) is 36.4 Å². The van der Waals surface area contributed by atoms with E-state index in [9.17, 15) is 12.8 Å². The third-order valence-electron chi connectivity index (χ3n) is 2.83. The van der Waals surface area contributed by atoms with Gasteiger partial charge in [0.25, 0.3) is 0 Å². The van der Waals surface area contributed by atoms with Gasteiger partial charge in [0.05, 0.1) is 5.69 Å². The van der Waals surface area contributed by atoms with Gasteiger partial charge < -0.3 is 10.5 Å². The fraction of sp³-hybridized carbons (Fsp3) is 0.143. The number of nitrogen functional groups attached to an aromatic ring is 1. The van der Waals surface area contributed by atoms with Gasteiger partial charge in [0.2, 0.25) is 10.0 Å². The molecule has 2 rings (SSSR count). The zero-order chi connectivity index (χ0) is 15.6. The van der Waals surface area contributed by atoms with Crippen molar-refractivity contribution in [1.29, 1.82) is 0 Å². The molecule has 0 aliphatic carbocycles. The van der Waals surface area contributed by atoms with E-state index >= 15 is 0 Å². The number of nitrogens with zero attached hydrogens (tertiary/aromatic N) is 1. The van der Waals surface area contributed by atoms with Gasteiger partial charge in [-0.1, -0.05) is 6.07 Å². The number of halogens is 1. The molecule has 0 atom stereocenters. The summed E-state index contributed by atoms with van der Waals surface area (Å²) in [6.45, 7) is 0. The molecule has 5 nitrogen and oxygen atoms in total. The summed E-state index contributed by atoms with van der Waals surface area (Å²) in [4.78, 5) is -0.0351. The first-order valence-corrected chi connectivity index (χ1v) is 7.51.